The summed E-state index contributed by atoms with van der Waals surface area (Å²) in [6.45, 7) is 0.571. The van der Waals surface area contributed by atoms with E-state index in [4.69, 9.17) is 9.84 Å². The van der Waals surface area contributed by atoms with Crippen LogP contribution in [0.3, 0.4) is 0 Å². The maximum atomic E-state index is 12.6. The Morgan fingerprint density at radius 2 is 1.76 bits per heavy atom. The maximum absolute atomic E-state index is 12.6. The fourth-order valence-corrected chi connectivity index (χ4v) is 2.74. The summed E-state index contributed by atoms with van der Waals surface area (Å²) in [5.41, 5.74) is 1.09. The van der Waals surface area contributed by atoms with E-state index in [-0.39, 0.29) is 11.9 Å². The fraction of sp³-hybridized carbons (Fsp3) is 0.500. The summed E-state index contributed by atoms with van der Waals surface area (Å²) >= 11 is 0. The van der Waals surface area contributed by atoms with Crippen molar-refractivity contribution in [3.63, 3.8) is 0 Å². The molecule has 2 aliphatic rings. The number of rotatable bonds is 5. The van der Waals surface area contributed by atoms with Crippen molar-refractivity contribution in [2.75, 3.05) is 0 Å². The van der Waals surface area contributed by atoms with Crippen molar-refractivity contribution < 1.29 is 19.4 Å². The van der Waals surface area contributed by atoms with Gasteiger partial charge in [-0.15, -0.1) is 0 Å². The van der Waals surface area contributed by atoms with E-state index in [0.29, 0.717) is 19.4 Å². The molecule has 21 heavy (non-hydrogen) atoms. The summed E-state index contributed by atoms with van der Waals surface area (Å²) in [6, 6.07) is 10.1. The van der Waals surface area contributed by atoms with Crippen molar-refractivity contribution in [3.05, 3.63) is 35.9 Å². The first-order chi connectivity index (χ1) is 10.1. The van der Waals surface area contributed by atoms with Crippen LogP contribution in [0.4, 0.5) is 0 Å². The van der Waals surface area contributed by atoms with Gasteiger partial charge in [-0.1, -0.05) is 30.3 Å². The third kappa shape index (κ3) is 3.24. The number of hydrogen-bond acceptors (Lipinski definition) is 3. The van der Waals surface area contributed by atoms with Crippen molar-refractivity contribution >= 4 is 11.9 Å². The predicted molar refractivity (Wildman–Crippen MR) is 75.5 cm³/mol. The van der Waals surface area contributed by atoms with Crippen molar-refractivity contribution in [2.45, 2.75) is 50.5 Å². The molecule has 1 aliphatic carbocycles. The van der Waals surface area contributed by atoms with E-state index in [0.717, 1.165) is 18.4 Å². The van der Waals surface area contributed by atoms with E-state index in [1.54, 1.807) is 0 Å². The molecule has 0 radical (unpaired) electrons. The SMILES string of the molecule is O=C(O)C1CCC(C(=O)N(Cc2ccccc2)C2CC2)O1. The van der Waals surface area contributed by atoms with Gasteiger partial charge in [0.05, 0.1) is 0 Å². The van der Waals surface area contributed by atoms with Crippen LogP contribution in [0.1, 0.15) is 31.2 Å². The molecule has 0 aromatic heterocycles. The minimum absolute atomic E-state index is 0.0647. The number of nitrogens with zero attached hydrogens (tertiary/aromatic N) is 1. The molecule has 0 spiro atoms. The normalized spacial score (nSPS) is 24.8. The molecule has 5 nitrogen and oxygen atoms in total. The van der Waals surface area contributed by atoms with Gasteiger partial charge in [-0.2, -0.15) is 0 Å². The number of benzene rings is 1. The molecule has 1 saturated carbocycles. The van der Waals surface area contributed by atoms with E-state index in [1.165, 1.54) is 0 Å². The van der Waals surface area contributed by atoms with Crippen LogP contribution in [0.25, 0.3) is 0 Å². The summed E-state index contributed by atoms with van der Waals surface area (Å²) in [7, 11) is 0. The minimum atomic E-state index is -0.980. The molecular formula is C16H19NO4. The van der Waals surface area contributed by atoms with Crippen LogP contribution in [0, 0.1) is 0 Å². The summed E-state index contributed by atoms with van der Waals surface area (Å²) < 4.78 is 5.39. The van der Waals surface area contributed by atoms with E-state index in [1.807, 2.05) is 35.2 Å². The Morgan fingerprint density at radius 3 is 2.33 bits per heavy atom. The van der Waals surface area contributed by atoms with Gasteiger partial charge < -0.3 is 14.7 Å². The van der Waals surface area contributed by atoms with Gasteiger partial charge in [-0.3, -0.25) is 4.79 Å². The van der Waals surface area contributed by atoms with Gasteiger partial charge in [0.1, 0.15) is 6.10 Å². The second-order valence-electron chi connectivity index (χ2n) is 5.71. The smallest absolute Gasteiger partial charge is 0.332 e. The van der Waals surface area contributed by atoms with Crippen LogP contribution >= 0.6 is 0 Å². The number of hydrogen-bond donors (Lipinski definition) is 1. The van der Waals surface area contributed by atoms with Crippen molar-refractivity contribution in [1.82, 2.24) is 4.90 Å². The zero-order valence-electron chi connectivity index (χ0n) is 11.8. The highest BCUT2D eigenvalue weighted by Gasteiger charge is 2.41. The van der Waals surface area contributed by atoms with Crippen LogP contribution in [0.15, 0.2) is 30.3 Å². The van der Waals surface area contributed by atoms with Crippen LogP contribution < -0.4 is 0 Å². The molecule has 1 aromatic carbocycles. The van der Waals surface area contributed by atoms with Crippen molar-refractivity contribution in [1.29, 1.82) is 0 Å². The zero-order valence-corrected chi connectivity index (χ0v) is 11.8. The Hall–Kier alpha value is -1.88. The Balaban J connectivity index is 1.67. The highest BCUT2D eigenvalue weighted by Crippen LogP contribution is 2.31. The Kier molecular flexibility index (Phi) is 3.92. The molecule has 5 heteroatoms. The van der Waals surface area contributed by atoms with Gasteiger partial charge >= 0.3 is 5.97 Å². The van der Waals surface area contributed by atoms with E-state index < -0.39 is 18.2 Å². The van der Waals surface area contributed by atoms with E-state index in [2.05, 4.69) is 0 Å². The van der Waals surface area contributed by atoms with E-state index in [9.17, 15) is 9.59 Å². The first-order valence-electron chi connectivity index (χ1n) is 7.38. The molecule has 2 unspecified atom stereocenters. The quantitative estimate of drug-likeness (QED) is 0.897. The highest BCUT2D eigenvalue weighted by molar-refractivity contribution is 5.83. The molecule has 2 atom stereocenters. The second kappa shape index (κ2) is 5.85. The number of amides is 1. The molecule has 1 heterocycles. The topological polar surface area (TPSA) is 66.8 Å². The van der Waals surface area contributed by atoms with Crippen LogP contribution in [0.2, 0.25) is 0 Å². The number of carboxylic acid groups (broad SMARTS) is 1. The van der Waals surface area contributed by atoms with Gasteiger partial charge in [0.15, 0.2) is 6.10 Å². The second-order valence-corrected chi connectivity index (χ2v) is 5.71. The molecule has 112 valence electrons. The molecule has 2 fully saturated rings. The summed E-state index contributed by atoms with van der Waals surface area (Å²) in [5.74, 6) is -1.04. The van der Waals surface area contributed by atoms with Gasteiger partial charge in [0.25, 0.3) is 5.91 Å². The number of carbonyl (C=O) groups is 2. The Labute approximate surface area is 123 Å². The third-order valence-electron chi connectivity index (χ3n) is 4.04. The monoisotopic (exact) mass is 289 g/mol. The Morgan fingerprint density at radius 1 is 1.10 bits per heavy atom. The van der Waals surface area contributed by atoms with Crippen LogP contribution in [0.5, 0.6) is 0 Å². The van der Waals surface area contributed by atoms with Crippen molar-refractivity contribution in [3.8, 4) is 0 Å². The van der Waals surface area contributed by atoms with Crippen molar-refractivity contribution in [2.24, 2.45) is 0 Å². The van der Waals surface area contributed by atoms with Gasteiger partial charge in [-0.05, 0) is 31.2 Å². The molecule has 1 aliphatic heterocycles. The fourth-order valence-electron chi connectivity index (χ4n) is 2.74. The molecule has 1 saturated heterocycles. The lowest BCUT2D eigenvalue weighted by Crippen LogP contribution is -2.40. The molecule has 3 rings (SSSR count). The van der Waals surface area contributed by atoms with Gasteiger partial charge in [0.2, 0.25) is 0 Å². The predicted octanol–water partition coefficient (Wildman–Crippen LogP) is 1.81. The van der Waals surface area contributed by atoms with E-state index >= 15 is 0 Å². The number of carbonyl (C=O) groups excluding carboxylic acids is 1. The molecule has 1 aromatic rings. The lowest BCUT2D eigenvalue weighted by atomic mass is 10.1. The van der Waals surface area contributed by atoms with Gasteiger partial charge in [-0.25, -0.2) is 4.79 Å². The maximum Gasteiger partial charge on any atom is 0.332 e. The Bertz CT molecular complexity index is 526. The van der Waals surface area contributed by atoms with Gasteiger partial charge in [0, 0.05) is 12.6 Å². The lowest BCUT2D eigenvalue weighted by molar-refractivity contribution is -0.155. The first-order valence-corrected chi connectivity index (χ1v) is 7.38. The zero-order chi connectivity index (χ0) is 14.8. The molecule has 1 amide bonds. The summed E-state index contributed by atoms with van der Waals surface area (Å²) in [6.07, 6.45) is 1.51. The number of aliphatic carboxylic acids is 1. The minimum Gasteiger partial charge on any atom is -0.479 e. The lowest BCUT2D eigenvalue weighted by Gasteiger charge is -2.25. The summed E-state index contributed by atoms with van der Waals surface area (Å²) in [4.78, 5) is 25.4. The average molecular weight is 289 g/mol. The standard InChI is InChI=1S/C16H19NO4/c18-15(13-8-9-14(21-13)16(19)20)17(12-6-7-12)10-11-4-2-1-3-5-11/h1-5,12-14H,6-10H2,(H,19,20). The van der Waals surface area contributed by atoms with Crippen LogP contribution in [-0.2, 0) is 20.9 Å². The summed E-state index contributed by atoms with van der Waals surface area (Å²) in [5, 5.41) is 8.96. The molecule has 0 bridgehead atoms. The number of ether oxygens (including phenoxy) is 1. The molecular weight excluding hydrogens is 270 g/mol. The first kappa shape index (κ1) is 14.1. The van der Waals surface area contributed by atoms with Crippen LogP contribution in [-0.4, -0.2) is 40.1 Å². The third-order valence-corrected chi connectivity index (χ3v) is 4.04. The highest BCUT2D eigenvalue weighted by atomic mass is 16.5. The largest absolute Gasteiger partial charge is 0.479 e. The molecule has 1 N–H and O–H groups in total. The number of carboxylic acids is 1. The average Bonchev–Trinajstić information content (AvgIpc) is 3.20.